The number of likely N-dealkylation sites (N-methyl/N-ethyl adjacent to an activating group) is 1. The summed E-state index contributed by atoms with van der Waals surface area (Å²) >= 11 is 0. The van der Waals surface area contributed by atoms with Gasteiger partial charge in [-0.05, 0) is 18.9 Å². The summed E-state index contributed by atoms with van der Waals surface area (Å²) in [5.74, 6) is -0.826. The van der Waals surface area contributed by atoms with Crippen LogP contribution in [-0.2, 0) is 9.53 Å². The monoisotopic (exact) mass is 298 g/mol. The molecule has 0 saturated heterocycles. The Bertz CT molecular complexity index is 329. The van der Waals surface area contributed by atoms with E-state index in [1.54, 1.807) is 6.26 Å². The predicted octanol–water partition coefficient (Wildman–Crippen LogP) is 3.59. The fourth-order valence-corrected chi connectivity index (χ4v) is 2.03. The molecule has 4 heteroatoms. The van der Waals surface area contributed by atoms with Crippen LogP contribution in [0.2, 0.25) is 0 Å². The Morgan fingerprint density at radius 2 is 1.90 bits per heavy atom. The first-order valence-corrected chi connectivity index (χ1v) is 7.84. The van der Waals surface area contributed by atoms with Gasteiger partial charge in [-0.3, -0.25) is 4.79 Å². The van der Waals surface area contributed by atoms with Crippen molar-refractivity contribution in [1.29, 1.82) is 0 Å². The van der Waals surface area contributed by atoms with Gasteiger partial charge < -0.3 is 14.3 Å². The highest BCUT2D eigenvalue weighted by atomic mass is 16.5. The minimum absolute atomic E-state index is 0.0284. The Balaban J connectivity index is 4.02. The summed E-state index contributed by atoms with van der Waals surface area (Å²) in [7, 11) is 6.08. The van der Waals surface area contributed by atoms with Gasteiger partial charge in [0.15, 0.2) is 6.10 Å². The average molecular weight is 298 g/mol. The Hall–Kier alpha value is -1.29. The number of aliphatic carboxylic acids is 1. The summed E-state index contributed by atoms with van der Waals surface area (Å²) in [5, 5.41) is 8.90. The molecule has 21 heavy (non-hydrogen) atoms. The molecule has 0 aliphatic rings. The number of allylic oxidation sites excluding steroid dienone is 3. The van der Waals surface area contributed by atoms with Gasteiger partial charge in [-0.25, -0.2) is 0 Å². The number of carboxylic acid groups (broad SMARTS) is 1. The lowest BCUT2D eigenvalue weighted by atomic mass is 10.1. The number of rotatable bonds is 12. The zero-order chi connectivity index (χ0) is 16.1. The van der Waals surface area contributed by atoms with E-state index in [-0.39, 0.29) is 12.5 Å². The molecule has 0 spiro atoms. The van der Waals surface area contributed by atoms with Crippen LogP contribution in [0.4, 0.5) is 0 Å². The Labute approximate surface area is 129 Å². The summed E-state index contributed by atoms with van der Waals surface area (Å²) in [5.41, 5.74) is 0. The van der Waals surface area contributed by atoms with Crippen LogP contribution in [0.15, 0.2) is 24.5 Å². The third-order valence-electron chi connectivity index (χ3n) is 2.97. The molecule has 0 fully saturated rings. The maximum atomic E-state index is 10.8. The fraction of sp³-hybridized carbons (Fsp3) is 0.706. The molecule has 0 radical (unpaired) electrons. The summed E-state index contributed by atoms with van der Waals surface area (Å²) < 4.78 is 6.23. The molecule has 1 atom stereocenters. The molecular formula is C17H32NO3+. The van der Waals surface area contributed by atoms with E-state index in [4.69, 9.17) is 9.84 Å². The quantitative estimate of drug-likeness (QED) is 0.259. The van der Waals surface area contributed by atoms with Gasteiger partial charge in [-0.15, -0.1) is 0 Å². The number of carboxylic acids is 1. The van der Waals surface area contributed by atoms with Crippen LogP contribution in [0.1, 0.15) is 45.4 Å². The highest BCUT2D eigenvalue weighted by molar-refractivity contribution is 5.67. The molecule has 122 valence electrons. The minimum atomic E-state index is -0.826. The third-order valence-corrected chi connectivity index (χ3v) is 2.97. The highest BCUT2D eigenvalue weighted by Gasteiger charge is 2.21. The van der Waals surface area contributed by atoms with E-state index in [1.165, 1.54) is 25.7 Å². The maximum Gasteiger partial charge on any atom is 0.307 e. The van der Waals surface area contributed by atoms with Gasteiger partial charge in [0.2, 0.25) is 0 Å². The third kappa shape index (κ3) is 14.9. The molecule has 1 N–H and O–H groups in total. The largest absolute Gasteiger partial charge is 0.492 e. The van der Waals surface area contributed by atoms with Crippen LogP contribution in [0, 0.1) is 0 Å². The Kier molecular flexibility index (Phi) is 10.7. The zero-order valence-corrected chi connectivity index (χ0v) is 14.0. The number of quaternary nitrogens is 1. The van der Waals surface area contributed by atoms with Gasteiger partial charge in [-0.1, -0.05) is 38.3 Å². The number of unbranched alkanes of at least 4 members (excludes halogenated alkanes) is 4. The molecule has 0 bridgehead atoms. The number of ether oxygens (including phenoxy) is 1. The number of carbonyl (C=O) groups is 1. The maximum absolute atomic E-state index is 10.8. The van der Waals surface area contributed by atoms with Crippen molar-refractivity contribution in [2.75, 3.05) is 27.7 Å². The Morgan fingerprint density at radius 3 is 2.48 bits per heavy atom. The molecule has 0 aliphatic carbocycles. The second-order valence-corrected chi connectivity index (χ2v) is 6.43. The van der Waals surface area contributed by atoms with Gasteiger partial charge in [-0.2, -0.15) is 0 Å². The van der Waals surface area contributed by atoms with Crippen molar-refractivity contribution in [3.05, 3.63) is 24.5 Å². The molecule has 0 aliphatic heterocycles. The van der Waals surface area contributed by atoms with Crippen molar-refractivity contribution < 1.29 is 19.1 Å². The molecular weight excluding hydrogens is 266 g/mol. The number of hydrogen-bond donors (Lipinski definition) is 1. The Morgan fingerprint density at radius 1 is 1.19 bits per heavy atom. The van der Waals surface area contributed by atoms with Crippen LogP contribution in [0.5, 0.6) is 0 Å². The first kappa shape index (κ1) is 19.7. The van der Waals surface area contributed by atoms with Crippen LogP contribution < -0.4 is 0 Å². The zero-order valence-electron chi connectivity index (χ0n) is 14.0. The van der Waals surface area contributed by atoms with Gasteiger partial charge in [0, 0.05) is 0 Å². The second-order valence-electron chi connectivity index (χ2n) is 6.43. The van der Waals surface area contributed by atoms with Crippen LogP contribution in [0.3, 0.4) is 0 Å². The summed E-state index contributed by atoms with van der Waals surface area (Å²) in [6.45, 7) is 2.87. The number of hydrogen-bond acceptors (Lipinski definition) is 2. The van der Waals surface area contributed by atoms with Gasteiger partial charge in [0.05, 0.1) is 33.8 Å². The van der Waals surface area contributed by atoms with Crippen LogP contribution >= 0.6 is 0 Å². The van der Waals surface area contributed by atoms with Crippen LogP contribution in [0.25, 0.3) is 0 Å². The standard InChI is InChI=1S/C17H31NO3/c1-5-6-7-8-9-10-11-12-13-21-16(14-17(19)20)15-18(2,3)4/h10-13,16H,5-9,14-15H2,1-4H3/p+1. The highest BCUT2D eigenvalue weighted by Crippen LogP contribution is 2.06. The average Bonchev–Trinajstić information content (AvgIpc) is 2.34. The first-order chi connectivity index (χ1) is 9.85. The molecule has 0 aromatic carbocycles. The van der Waals surface area contributed by atoms with Gasteiger partial charge in [0.1, 0.15) is 6.54 Å². The predicted molar refractivity (Wildman–Crippen MR) is 87.1 cm³/mol. The van der Waals surface area contributed by atoms with E-state index in [9.17, 15) is 4.79 Å². The fourth-order valence-electron chi connectivity index (χ4n) is 2.03. The second kappa shape index (κ2) is 11.4. The van der Waals surface area contributed by atoms with E-state index in [1.807, 2.05) is 33.3 Å². The molecule has 0 heterocycles. The lowest BCUT2D eigenvalue weighted by molar-refractivity contribution is -0.873. The van der Waals surface area contributed by atoms with Gasteiger partial charge >= 0.3 is 5.97 Å². The van der Waals surface area contributed by atoms with E-state index in [0.29, 0.717) is 11.0 Å². The topological polar surface area (TPSA) is 46.5 Å². The SMILES string of the molecule is CCCCCCC=CC=COC(CC(=O)O)C[N+](C)(C)C. The van der Waals surface area contributed by atoms with Crippen molar-refractivity contribution in [1.82, 2.24) is 0 Å². The van der Waals surface area contributed by atoms with Crippen molar-refractivity contribution in [2.24, 2.45) is 0 Å². The van der Waals surface area contributed by atoms with E-state index in [0.717, 1.165) is 6.42 Å². The van der Waals surface area contributed by atoms with Crippen molar-refractivity contribution in [3.63, 3.8) is 0 Å². The normalized spacial score (nSPS) is 13.9. The molecule has 0 aromatic heterocycles. The molecule has 4 nitrogen and oxygen atoms in total. The lowest BCUT2D eigenvalue weighted by Gasteiger charge is -2.28. The number of nitrogens with zero attached hydrogens (tertiary/aromatic N) is 1. The summed E-state index contributed by atoms with van der Waals surface area (Å²) in [6, 6.07) is 0. The molecule has 0 aromatic rings. The molecule has 0 saturated carbocycles. The van der Waals surface area contributed by atoms with Crippen molar-refractivity contribution in [3.8, 4) is 0 Å². The van der Waals surface area contributed by atoms with E-state index < -0.39 is 5.97 Å². The smallest absolute Gasteiger partial charge is 0.307 e. The lowest BCUT2D eigenvalue weighted by Crippen LogP contribution is -2.42. The molecule has 0 amide bonds. The minimum Gasteiger partial charge on any atom is -0.492 e. The van der Waals surface area contributed by atoms with Gasteiger partial charge in [0.25, 0.3) is 0 Å². The molecule has 0 rings (SSSR count). The van der Waals surface area contributed by atoms with Crippen molar-refractivity contribution in [2.45, 2.75) is 51.6 Å². The summed E-state index contributed by atoms with van der Waals surface area (Å²) in [4.78, 5) is 10.8. The van der Waals surface area contributed by atoms with Crippen LogP contribution in [-0.4, -0.2) is 49.4 Å². The van der Waals surface area contributed by atoms with E-state index >= 15 is 0 Å². The van der Waals surface area contributed by atoms with E-state index in [2.05, 4.69) is 13.0 Å². The molecule has 1 unspecified atom stereocenters. The summed E-state index contributed by atoms with van der Waals surface area (Å²) in [6.07, 6.45) is 13.4. The first-order valence-electron chi connectivity index (χ1n) is 7.84. The van der Waals surface area contributed by atoms with Crippen molar-refractivity contribution >= 4 is 5.97 Å².